The minimum absolute atomic E-state index is 1.39. The van der Waals surface area contributed by atoms with Crippen LogP contribution in [0.3, 0.4) is 0 Å². The Balaban J connectivity index is 2.61. The number of aryl methyl sites for hydroxylation is 6. The van der Waals surface area contributed by atoms with Crippen molar-refractivity contribution in [2.45, 2.75) is 46.2 Å². The Morgan fingerprint density at radius 1 is 0.550 bits per heavy atom. The van der Waals surface area contributed by atoms with E-state index in [1.807, 2.05) is 0 Å². The first-order chi connectivity index (χ1) is 9.31. The average Bonchev–Trinajstić information content (AvgIpc) is 2.25. The van der Waals surface area contributed by atoms with Gasteiger partial charge < -0.3 is 0 Å². The van der Waals surface area contributed by atoms with Crippen molar-refractivity contribution in [1.82, 2.24) is 0 Å². The third-order valence-electron chi connectivity index (χ3n) is 3.94. The van der Waals surface area contributed by atoms with Crippen molar-refractivity contribution in [2.24, 2.45) is 0 Å². The van der Waals surface area contributed by atoms with E-state index >= 15 is 0 Å². The van der Waals surface area contributed by atoms with Crippen LogP contribution in [-0.2, 0) is 0 Å². The molecular formula is C19H25Bi. The molecule has 20 heavy (non-hydrogen) atoms. The zero-order valence-electron chi connectivity index (χ0n) is 13.8. The molecule has 0 fully saturated rings. The van der Waals surface area contributed by atoms with Crippen LogP contribution in [0.5, 0.6) is 0 Å². The second-order valence-corrected chi connectivity index (χ2v) is 13.9. The first-order valence-electron chi connectivity index (χ1n) is 7.20. The van der Waals surface area contributed by atoms with Gasteiger partial charge in [-0.25, -0.2) is 0 Å². The molecule has 1 heteroatoms. The van der Waals surface area contributed by atoms with E-state index in [1.54, 1.807) is 6.54 Å². The molecule has 0 heterocycles. The summed E-state index contributed by atoms with van der Waals surface area (Å²) in [6.45, 7) is 13.6. The number of benzene rings is 2. The zero-order chi connectivity index (χ0) is 15.0. The summed E-state index contributed by atoms with van der Waals surface area (Å²) in [6, 6.07) is 9.42. The summed E-state index contributed by atoms with van der Waals surface area (Å²) in [4.78, 5) is 0. The fourth-order valence-corrected chi connectivity index (χ4v) is 13.6. The maximum atomic E-state index is 2.55. The normalized spacial score (nSPS) is 11.2. The molecule has 0 N–H and O–H groups in total. The van der Waals surface area contributed by atoms with E-state index in [9.17, 15) is 0 Å². The van der Waals surface area contributed by atoms with Crippen LogP contribution in [0.4, 0.5) is 0 Å². The van der Waals surface area contributed by atoms with Gasteiger partial charge in [-0.15, -0.1) is 0 Å². The molecule has 0 nitrogen and oxygen atoms in total. The first-order valence-corrected chi connectivity index (χ1v) is 14.2. The number of hydrogen-bond donors (Lipinski definition) is 0. The fourth-order valence-electron chi connectivity index (χ4n) is 3.51. The molecule has 0 aliphatic heterocycles. The Kier molecular flexibility index (Phi) is 4.70. The molecule has 106 valence electrons. The van der Waals surface area contributed by atoms with E-state index in [4.69, 9.17) is 0 Å². The van der Waals surface area contributed by atoms with E-state index in [0.29, 0.717) is 0 Å². The molecule has 0 aliphatic carbocycles. The van der Waals surface area contributed by atoms with Crippen molar-refractivity contribution in [1.29, 1.82) is 0 Å². The standard InChI is InChI=1S/2C9H11.CH3.Bi/c2*1-7-4-8(2)6-9(3)5-7;;/h2*4-5H,1-3H3;1H3;. The summed E-state index contributed by atoms with van der Waals surface area (Å²) in [6.07, 6.45) is 0. The molecule has 0 bridgehead atoms. The Morgan fingerprint density at radius 2 is 0.800 bits per heavy atom. The Morgan fingerprint density at radius 3 is 1.05 bits per heavy atom. The van der Waals surface area contributed by atoms with Crippen LogP contribution in [0.1, 0.15) is 33.4 Å². The molecule has 2 aromatic carbocycles. The van der Waals surface area contributed by atoms with Gasteiger partial charge in [-0.05, 0) is 0 Å². The van der Waals surface area contributed by atoms with E-state index in [-0.39, 0.29) is 0 Å². The third-order valence-corrected chi connectivity index (χ3v) is 14.6. The molecule has 0 saturated heterocycles. The summed E-state index contributed by atoms with van der Waals surface area (Å²) in [5.74, 6) is 0. The molecule has 0 aromatic heterocycles. The van der Waals surface area contributed by atoms with Gasteiger partial charge in [0.1, 0.15) is 0 Å². The molecule has 0 radical (unpaired) electrons. The maximum absolute atomic E-state index is 2.55. The van der Waals surface area contributed by atoms with Crippen LogP contribution < -0.4 is 6.54 Å². The van der Waals surface area contributed by atoms with E-state index < -0.39 is 21.8 Å². The Bertz CT molecular complexity index is 549. The fraction of sp³-hybridized carbons (Fsp3) is 0.368. The summed E-state index contributed by atoms with van der Waals surface area (Å²) in [5, 5.41) is 0. The van der Waals surface area contributed by atoms with Gasteiger partial charge in [-0.3, -0.25) is 0 Å². The number of hydrogen-bond acceptors (Lipinski definition) is 0. The van der Waals surface area contributed by atoms with Crippen LogP contribution in [0.25, 0.3) is 0 Å². The molecule has 0 amide bonds. The summed E-state index contributed by atoms with van der Waals surface area (Å²) in [7, 11) is 0. The van der Waals surface area contributed by atoms with Gasteiger partial charge in [0.2, 0.25) is 0 Å². The third kappa shape index (κ3) is 2.98. The van der Waals surface area contributed by atoms with Crippen LogP contribution >= 0.6 is 0 Å². The summed E-state index contributed by atoms with van der Waals surface area (Å²) in [5.41, 5.74) is 8.78. The molecule has 2 rings (SSSR count). The van der Waals surface area contributed by atoms with Gasteiger partial charge >= 0.3 is 132 Å². The molecular weight excluding hydrogens is 437 g/mol. The van der Waals surface area contributed by atoms with E-state index in [0.717, 1.165) is 0 Å². The predicted molar refractivity (Wildman–Crippen MR) is 92.2 cm³/mol. The van der Waals surface area contributed by atoms with Crippen molar-refractivity contribution >= 4 is 28.3 Å². The van der Waals surface area contributed by atoms with Crippen LogP contribution in [0.15, 0.2) is 24.3 Å². The molecule has 0 unspecified atom stereocenters. The topological polar surface area (TPSA) is 0 Å². The second-order valence-electron chi connectivity index (χ2n) is 6.05. The summed E-state index contributed by atoms with van der Waals surface area (Å²) >= 11 is -1.85. The molecule has 0 atom stereocenters. The van der Waals surface area contributed by atoms with Gasteiger partial charge in [-0.1, -0.05) is 0 Å². The monoisotopic (exact) mass is 462 g/mol. The molecule has 0 spiro atoms. The Hall–Kier alpha value is -0.677. The minimum atomic E-state index is -1.85. The molecule has 0 aliphatic rings. The zero-order valence-corrected chi connectivity index (χ0v) is 17.2. The second kappa shape index (κ2) is 5.98. The first kappa shape index (κ1) is 15.7. The van der Waals surface area contributed by atoms with Crippen LogP contribution in [0.2, 0.25) is 4.63 Å². The van der Waals surface area contributed by atoms with Gasteiger partial charge in [-0.2, -0.15) is 0 Å². The number of rotatable bonds is 2. The van der Waals surface area contributed by atoms with Crippen LogP contribution in [0, 0.1) is 41.5 Å². The quantitative estimate of drug-likeness (QED) is 0.597. The van der Waals surface area contributed by atoms with Crippen molar-refractivity contribution in [3.05, 3.63) is 57.6 Å². The summed E-state index contributed by atoms with van der Waals surface area (Å²) < 4.78 is 5.94. The molecule has 2 aromatic rings. The van der Waals surface area contributed by atoms with Crippen molar-refractivity contribution in [2.75, 3.05) is 0 Å². The average molecular weight is 462 g/mol. The predicted octanol–water partition coefficient (Wildman–Crippen LogP) is 3.78. The van der Waals surface area contributed by atoms with Gasteiger partial charge in [0.05, 0.1) is 0 Å². The van der Waals surface area contributed by atoms with Gasteiger partial charge in [0, 0.05) is 0 Å². The van der Waals surface area contributed by atoms with Gasteiger partial charge in [0.15, 0.2) is 0 Å². The SMILES string of the molecule is Cc1cc(C)[c]([Bi]([CH3])[c]2c(C)cc(C)cc2C)c(C)c1. The van der Waals surface area contributed by atoms with Crippen LogP contribution in [-0.4, -0.2) is 21.8 Å². The van der Waals surface area contributed by atoms with E-state index in [1.165, 1.54) is 33.4 Å². The van der Waals surface area contributed by atoms with Crippen molar-refractivity contribution in [3.8, 4) is 0 Å². The van der Waals surface area contributed by atoms with E-state index in [2.05, 4.69) is 70.4 Å². The van der Waals surface area contributed by atoms with Gasteiger partial charge in [0.25, 0.3) is 0 Å². The Labute approximate surface area is 131 Å². The molecule has 0 saturated carbocycles. The van der Waals surface area contributed by atoms with Crippen molar-refractivity contribution in [3.63, 3.8) is 0 Å². The van der Waals surface area contributed by atoms with Crippen molar-refractivity contribution < 1.29 is 0 Å².